The standard InChI is InChI=1S/C33H33F2N3O4S/c1-3-36-33(40)31(21-25-11-5-4-6-12-25)37(22-26-13-7-8-14-28(26)34)32(39)23-38(30-16-10-9-15-29(30)35)43(41,42)27-19-17-24(2)18-20-27/h4-20,31H,3,21-23H2,1-2H3,(H,36,40)/t31-/m1/s1. The van der Waals surface area contributed by atoms with Crippen molar-refractivity contribution in [2.75, 3.05) is 17.4 Å². The lowest BCUT2D eigenvalue weighted by molar-refractivity contribution is -0.140. The summed E-state index contributed by atoms with van der Waals surface area (Å²) in [6, 6.07) is 24.9. The van der Waals surface area contributed by atoms with Crippen LogP contribution in [0.3, 0.4) is 0 Å². The highest BCUT2D eigenvalue weighted by molar-refractivity contribution is 7.92. The van der Waals surface area contributed by atoms with Crippen LogP contribution in [0.4, 0.5) is 14.5 Å². The first kappa shape index (κ1) is 31.4. The van der Waals surface area contributed by atoms with Gasteiger partial charge in [-0.3, -0.25) is 13.9 Å². The lowest BCUT2D eigenvalue weighted by Gasteiger charge is -2.34. The van der Waals surface area contributed by atoms with E-state index in [2.05, 4.69) is 5.32 Å². The third-order valence-electron chi connectivity index (χ3n) is 6.93. The number of para-hydroxylation sites is 1. The van der Waals surface area contributed by atoms with Crippen LogP contribution in [0, 0.1) is 18.6 Å². The van der Waals surface area contributed by atoms with Crippen LogP contribution in [-0.4, -0.2) is 44.3 Å². The number of aryl methyl sites for hydroxylation is 1. The molecule has 0 fully saturated rings. The Morgan fingerprint density at radius 3 is 2.05 bits per heavy atom. The fraction of sp³-hybridized carbons (Fsp3) is 0.212. The van der Waals surface area contributed by atoms with Gasteiger partial charge in [0.05, 0.1) is 10.6 Å². The zero-order chi connectivity index (χ0) is 31.0. The quantitative estimate of drug-likeness (QED) is 0.239. The van der Waals surface area contributed by atoms with E-state index in [9.17, 15) is 22.4 Å². The largest absolute Gasteiger partial charge is 0.355 e. The summed E-state index contributed by atoms with van der Waals surface area (Å²) in [7, 11) is -4.45. The molecular weight excluding hydrogens is 572 g/mol. The van der Waals surface area contributed by atoms with Gasteiger partial charge in [-0.05, 0) is 49.7 Å². The molecule has 0 bridgehead atoms. The molecule has 224 valence electrons. The normalized spacial score (nSPS) is 11.9. The summed E-state index contributed by atoms with van der Waals surface area (Å²) in [5.41, 5.74) is 1.36. The van der Waals surface area contributed by atoms with Gasteiger partial charge in [-0.15, -0.1) is 0 Å². The number of nitrogens with zero attached hydrogens (tertiary/aromatic N) is 2. The molecule has 7 nitrogen and oxygen atoms in total. The molecule has 4 aromatic rings. The predicted molar refractivity (Wildman–Crippen MR) is 162 cm³/mol. The number of likely N-dealkylation sites (N-methyl/N-ethyl adjacent to an activating group) is 1. The van der Waals surface area contributed by atoms with Crippen molar-refractivity contribution in [1.82, 2.24) is 10.2 Å². The monoisotopic (exact) mass is 605 g/mol. The van der Waals surface area contributed by atoms with Crippen molar-refractivity contribution in [3.63, 3.8) is 0 Å². The average Bonchev–Trinajstić information content (AvgIpc) is 2.99. The van der Waals surface area contributed by atoms with E-state index in [1.165, 1.54) is 48.5 Å². The number of hydrogen-bond acceptors (Lipinski definition) is 4. The number of benzene rings is 4. The molecule has 0 spiro atoms. The van der Waals surface area contributed by atoms with Crippen molar-refractivity contribution in [3.05, 3.63) is 131 Å². The van der Waals surface area contributed by atoms with Crippen molar-refractivity contribution in [2.24, 2.45) is 0 Å². The molecule has 0 radical (unpaired) electrons. The Kier molecular flexibility index (Phi) is 10.3. The lowest BCUT2D eigenvalue weighted by atomic mass is 10.0. The van der Waals surface area contributed by atoms with Gasteiger partial charge in [-0.2, -0.15) is 0 Å². The Balaban J connectivity index is 1.81. The SMILES string of the molecule is CCNC(=O)[C@@H](Cc1ccccc1)N(Cc1ccccc1F)C(=O)CN(c1ccccc1F)S(=O)(=O)c1ccc(C)cc1. The molecule has 2 amide bonds. The maximum Gasteiger partial charge on any atom is 0.264 e. The van der Waals surface area contributed by atoms with Crippen LogP contribution in [0.15, 0.2) is 108 Å². The molecule has 0 heterocycles. The maximum absolute atomic E-state index is 15.1. The molecule has 4 rings (SSSR count). The van der Waals surface area contributed by atoms with Crippen molar-refractivity contribution >= 4 is 27.5 Å². The molecule has 0 unspecified atom stereocenters. The number of amides is 2. The highest BCUT2D eigenvalue weighted by Crippen LogP contribution is 2.27. The molecule has 0 aromatic heterocycles. The van der Waals surface area contributed by atoms with Crippen molar-refractivity contribution in [1.29, 1.82) is 0 Å². The van der Waals surface area contributed by atoms with Crippen LogP contribution in [0.5, 0.6) is 0 Å². The van der Waals surface area contributed by atoms with Gasteiger partial charge in [-0.1, -0.05) is 78.4 Å². The summed E-state index contributed by atoms with van der Waals surface area (Å²) < 4.78 is 58.5. The highest BCUT2D eigenvalue weighted by Gasteiger charge is 2.35. The second-order valence-corrected chi connectivity index (χ2v) is 11.9. The Morgan fingerprint density at radius 1 is 0.814 bits per heavy atom. The lowest BCUT2D eigenvalue weighted by Crippen LogP contribution is -2.53. The zero-order valence-corrected chi connectivity index (χ0v) is 24.7. The summed E-state index contributed by atoms with van der Waals surface area (Å²) in [5.74, 6) is -2.74. The fourth-order valence-corrected chi connectivity index (χ4v) is 6.08. The smallest absolute Gasteiger partial charge is 0.264 e. The highest BCUT2D eigenvalue weighted by atomic mass is 32.2. The average molecular weight is 606 g/mol. The molecule has 1 atom stereocenters. The molecule has 4 aromatic carbocycles. The van der Waals surface area contributed by atoms with E-state index in [1.807, 2.05) is 6.07 Å². The number of carbonyl (C=O) groups excluding carboxylic acids is 2. The molecule has 0 aliphatic rings. The van der Waals surface area contributed by atoms with Crippen LogP contribution in [0.25, 0.3) is 0 Å². The van der Waals surface area contributed by atoms with Crippen molar-refractivity contribution in [2.45, 2.75) is 37.8 Å². The maximum atomic E-state index is 15.1. The third-order valence-corrected chi connectivity index (χ3v) is 8.70. The number of rotatable bonds is 12. The first-order chi connectivity index (χ1) is 20.6. The van der Waals surface area contributed by atoms with Gasteiger partial charge in [0.25, 0.3) is 10.0 Å². The van der Waals surface area contributed by atoms with Gasteiger partial charge in [0, 0.05) is 25.1 Å². The van der Waals surface area contributed by atoms with Gasteiger partial charge < -0.3 is 10.2 Å². The third kappa shape index (κ3) is 7.64. The molecule has 0 aliphatic carbocycles. The number of nitrogens with one attached hydrogen (secondary N) is 1. The van der Waals surface area contributed by atoms with Crippen LogP contribution >= 0.6 is 0 Å². The van der Waals surface area contributed by atoms with Gasteiger partial charge in [0.15, 0.2) is 0 Å². The molecule has 1 N–H and O–H groups in total. The minimum absolute atomic E-state index is 0.0806. The van der Waals surface area contributed by atoms with Crippen LogP contribution < -0.4 is 9.62 Å². The summed E-state index contributed by atoms with van der Waals surface area (Å²) >= 11 is 0. The van der Waals surface area contributed by atoms with E-state index >= 15 is 4.39 Å². The molecular formula is C33H33F2N3O4S. The fourth-order valence-electron chi connectivity index (χ4n) is 4.66. The minimum Gasteiger partial charge on any atom is -0.355 e. The van der Waals surface area contributed by atoms with Crippen LogP contribution in [0.1, 0.15) is 23.6 Å². The zero-order valence-electron chi connectivity index (χ0n) is 23.9. The molecule has 0 saturated carbocycles. The van der Waals surface area contributed by atoms with Crippen molar-refractivity contribution in [3.8, 4) is 0 Å². The van der Waals surface area contributed by atoms with Crippen LogP contribution in [0.2, 0.25) is 0 Å². The van der Waals surface area contributed by atoms with E-state index in [4.69, 9.17) is 0 Å². The minimum atomic E-state index is -4.45. The number of anilines is 1. The second-order valence-electron chi connectivity index (χ2n) is 9.99. The Bertz CT molecular complexity index is 1670. The number of hydrogen-bond donors (Lipinski definition) is 1. The van der Waals surface area contributed by atoms with Gasteiger partial charge in [-0.25, -0.2) is 17.2 Å². The molecule has 10 heteroatoms. The predicted octanol–water partition coefficient (Wildman–Crippen LogP) is 5.24. The van der Waals surface area contributed by atoms with E-state index in [1.54, 1.807) is 56.3 Å². The van der Waals surface area contributed by atoms with E-state index in [0.29, 0.717) is 4.31 Å². The summed E-state index contributed by atoms with van der Waals surface area (Å²) in [6.07, 6.45) is 0.0806. The number of carbonyl (C=O) groups is 2. The molecule has 0 saturated heterocycles. The Hall–Kier alpha value is -4.57. The number of halogens is 2. The van der Waals surface area contributed by atoms with Gasteiger partial charge >= 0.3 is 0 Å². The van der Waals surface area contributed by atoms with Gasteiger partial charge in [0.1, 0.15) is 24.2 Å². The molecule has 43 heavy (non-hydrogen) atoms. The first-order valence-electron chi connectivity index (χ1n) is 13.8. The van der Waals surface area contributed by atoms with Crippen molar-refractivity contribution < 1.29 is 26.8 Å². The van der Waals surface area contributed by atoms with E-state index in [0.717, 1.165) is 22.1 Å². The molecule has 0 aliphatic heterocycles. The summed E-state index contributed by atoms with van der Waals surface area (Å²) in [5, 5.41) is 2.74. The second kappa shape index (κ2) is 14.1. The first-order valence-corrected chi connectivity index (χ1v) is 15.2. The summed E-state index contributed by atoms with van der Waals surface area (Å²) in [4.78, 5) is 28.7. The Morgan fingerprint density at radius 2 is 1.42 bits per heavy atom. The Labute approximate surface area is 250 Å². The van der Waals surface area contributed by atoms with E-state index in [-0.39, 0.29) is 35.7 Å². The summed E-state index contributed by atoms with van der Waals surface area (Å²) in [6.45, 7) is 2.64. The topological polar surface area (TPSA) is 86.8 Å². The van der Waals surface area contributed by atoms with Gasteiger partial charge in [0.2, 0.25) is 11.8 Å². The van der Waals surface area contributed by atoms with Crippen LogP contribution in [-0.2, 0) is 32.6 Å². The number of sulfonamides is 1. The van der Waals surface area contributed by atoms with E-state index < -0.39 is 46.1 Å².